The molecule has 0 saturated carbocycles. The number of nitrogens with one attached hydrogen (secondary N) is 1. The molecule has 2 aliphatic rings. The van der Waals surface area contributed by atoms with Crippen molar-refractivity contribution in [1.82, 2.24) is 4.57 Å². The molecule has 0 amide bonds. The summed E-state index contributed by atoms with van der Waals surface area (Å²) in [5.74, 6) is 6.11. The van der Waals surface area contributed by atoms with E-state index in [4.69, 9.17) is 9.73 Å². The topological polar surface area (TPSA) is 81.7 Å². The molecule has 39 heavy (non-hydrogen) atoms. The fourth-order valence-corrected chi connectivity index (χ4v) is 5.45. The van der Waals surface area contributed by atoms with Crippen molar-refractivity contribution >= 4 is 28.0 Å². The zero-order valence-electron chi connectivity index (χ0n) is 22.6. The Morgan fingerprint density at radius 2 is 2.26 bits per heavy atom. The summed E-state index contributed by atoms with van der Waals surface area (Å²) in [7, 11) is 0. The van der Waals surface area contributed by atoms with Crippen molar-refractivity contribution in [2.45, 2.75) is 59.2 Å². The van der Waals surface area contributed by atoms with Crippen LogP contribution >= 0.6 is 0 Å². The van der Waals surface area contributed by atoms with Gasteiger partial charge in [-0.1, -0.05) is 43.0 Å². The van der Waals surface area contributed by atoms with Crippen molar-refractivity contribution in [1.29, 1.82) is 0 Å². The van der Waals surface area contributed by atoms with Gasteiger partial charge in [-0.15, -0.1) is 0 Å². The van der Waals surface area contributed by atoms with E-state index in [-0.39, 0.29) is 5.92 Å². The maximum Gasteiger partial charge on any atom is 0.306 e. The fraction of sp³-hybridized carbons (Fsp3) is 0.387. The van der Waals surface area contributed by atoms with E-state index in [0.717, 1.165) is 54.6 Å². The molecular weight excluding hydrogens is 495 g/mol. The molecule has 8 heteroatoms. The van der Waals surface area contributed by atoms with Crippen LogP contribution < -0.4 is 5.32 Å². The second-order valence-corrected chi connectivity index (χ2v) is 10.1. The number of aromatic nitrogens is 1. The number of nitrogens with zero attached hydrogens (tertiary/aromatic N) is 3. The van der Waals surface area contributed by atoms with Gasteiger partial charge >= 0.3 is 5.69 Å². The van der Waals surface area contributed by atoms with E-state index in [2.05, 4.69) is 46.1 Å². The SMILES string of the molecule is C/C=C(C#CC1CCOC1)\C(=N/C(C)Nc1cc([N+](=O)[O-])c(F)cc1CC)c1cn2c3c(cccc13)CCC2. The number of aliphatic imine (C=N–C) groups is 1. The number of nitro benzene ring substituents is 1. The van der Waals surface area contributed by atoms with Crippen molar-refractivity contribution in [3.05, 3.63) is 80.8 Å². The average Bonchev–Trinajstić information content (AvgIpc) is 3.58. The molecule has 2 aliphatic heterocycles. The summed E-state index contributed by atoms with van der Waals surface area (Å²) in [6.07, 6.45) is 7.27. The molecule has 2 atom stereocenters. The molecule has 2 aromatic carbocycles. The number of nitro groups is 1. The smallest absolute Gasteiger partial charge is 0.306 e. The largest absolute Gasteiger partial charge is 0.380 e. The Balaban J connectivity index is 1.59. The van der Waals surface area contributed by atoms with Crippen LogP contribution in [0.3, 0.4) is 0 Å². The maximum absolute atomic E-state index is 14.3. The first-order valence-electron chi connectivity index (χ1n) is 13.6. The van der Waals surface area contributed by atoms with Gasteiger partial charge in [0, 0.05) is 53.5 Å². The van der Waals surface area contributed by atoms with Gasteiger partial charge in [-0.25, -0.2) is 0 Å². The second-order valence-electron chi connectivity index (χ2n) is 10.1. The van der Waals surface area contributed by atoms with Crippen molar-refractivity contribution in [3.8, 4) is 11.8 Å². The highest BCUT2D eigenvalue weighted by Gasteiger charge is 2.23. The number of benzene rings is 2. The predicted molar refractivity (Wildman–Crippen MR) is 153 cm³/mol. The van der Waals surface area contributed by atoms with Gasteiger partial charge in [0.2, 0.25) is 5.82 Å². The molecule has 0 spiro atoms. The van der Waals surface area contributed by atoms with E-state index in [1.807, 2.05) is 26.8 Å². The van der Waals surface area contributed by atoms with Gasteiger partial charge in [0.1, 0.15) is 6.17 Å². The minimum atomic E-state index is -0.837. The van der Waals surface area contributed by atoms with Crippen LogP contribution in [0, 0.1) is 33.7 Å². The number of halogens is 1. The Bertz CT molecular complexity index is 1540. The zero-order chi connectivity index (χ0) is 27.5. The highest BCUT2D eigenvalue weighted by molar-refractivity contribution is 6.21. The molecule has 202 valence electrons. The number of hydrogen-bond donors (Lipinski definition) is 1. The van der Waals surface area contributed by atoms with Gasteiger partial charge in [-0.3, -0.25) is 15.1 Å². The van der Waals surface area contributed by atoms with Gasteiger partial charge in [0.05, 0.1) is 22.8 Å². The van der Waals surface area contributed by atoms with Gasteiger partial charge < -0.3 is 14.6 Å². The summed E-state index contributed by atoms with van der Waals surface area (Å²) < 4.78 is 22.1. The van der Waals surface area contributed by atoms with Crippen LogP contribution in [0.5, 0.6) is 0 Å². The number of hydrogen-bond acceptors (Lipinski definition) is 5. The Morgan fingerprint density at radius 1 is 1.41 bits per heavy atom. The van der Waals surface area contributed by atoms with E-state index in [1.54, 1.807) is 0 Å². The lowest BCUT2D eigenvalue weighted by Crippen LogP contribution is -2.18. The van der Waals surface area contributed by atoms with Crippen LogP contribution in [0.4, 0.5) is 15.8 Å². The van der Waals surface area contributed by atoms with Gasteiger partial charge in [-0.05, 0) is 56.7 Å². The van der Waals surface area contributed by atoms with Gasteiger partial charge in [-0.2, -0.15) is 4.39 Å². The molecule has 0 aliphatic carbocycles. The number of para-hydroxylation sites is 1. The molecule has 1 aromatic heterocycles. The molecule has 1 saturated heterocycles. The first-order chi connectivity index (χ1) is 18.9. The molecule has 1 fully saturated rings. The molecule has 5 rings (SSSR count). The van der Waals surface area contributed by atoms with Crippen LogP contribution in [0.2, 0.25) is 0 Å². The highest BCUT2D eigenvalue weighted by atomic mass is 19.1. The van der Waals surface area contributed by atoms with Crippen LogP contribution in [0.25, 0.3) is 10.9 Å². The molecule has 7 nitrogen and oxygen atoms in total. The Kier molecular flexibility index (Phi) is 7.80. The maximum atomic E-state index is 14.3. The Hall–Kier alpha value is -3.96. The zero-order valence-corrected chi connectivity index (χ0v) is 22.6. The Morgan fingerprint density at radius 3 is 2.97 bits per heavy atom. The predicted octanol–water partition coefficient (Wildman–Crippen LogP) is 6.43. The third-order valence-electron chi connectivity index (χ3n) is 7.40. The number of ether oxygens (including phenoxy) is 1. The summed E-state index contributed by atoms with van der Waals surface area (Å²) in [5.41, 5.74) is 5.76. The summed E-state index contributed by atoms with van der Waals surface area (Å²) in [6.45, 7) is 8.06. The van der Waals surface area contributed by atoms with E-state index >= 15 is 0 Å². The van der Waals surface area contributed by atoms with Crippen molar-refractivity contribution in [2.75, 3.05) is 18.5 Å². The van der Waals surface area contributed by atoms with Crippen molar-refractivity contribution in [3.63, 3.8) is 0 Å². The van der Waals surface area contributed by atoms with Crippen molar-refractivity contribution in [2.24, 2.45) is 10.9 Å². The number of anilines is 1. The van der Waals surface area contributed by atoms with Crippen LogP contribution in [0.15, 0.2) is 53.2 Å². The normalized spacial score (nSPS) is 18.1. The lowest BCUT2D eigenvalue weighted by molar-refractivity contribution is -0.387. The highest BCUT2D eigenvalue weighted by Crippen LogP contribution is 2.32. The Labute approximate surface area is 227 Å². The molecule has 3 heterocycles. The van der Waals surface area contributed by atoms with Crippen LogP contribution in [-0.4, -0.2) is 34.6 Å². The quantitative estimate of drug-likeness (QED) is 0.166. The van der Waals surface area contributed by atoms with Crippen molar-refractivity contribution < 1.29 is 14.1 Å². The lowest BCUT2D eigenvalue weighted by atomic mass is 9.98. The van der Waals surface area contributed by atoms with Gasteiger partial charge in [0.25, 0.3) is 0 Å². The number of rotatable bonds is 7. The third kappa shape index (κ3) is 5.45. The lowest BCUT2D eigenvalue weighted by Gasteiger charge is -2.17. The minimum Gasteiger partial charge on any atom is -0.380 e. The molecule has 3 aromatic rings. The number of allylic oxidation sites excluding steroid dienone is 2. The fourth-order valence-electron chi connectivity index (χ4n) is 5.45. The first kappa shape index (κ1) is 26.6. The summed E-state index contributed by atoms with van der Waals surface area (Å²) >= 11 is 0. The third-order valence-corrected chi connectivity index (χ3v) is 7.40. The van der Waals surface area contributed by atoms with Crippen LogP contribution in [0.1, 0.15) is 50.3 Å². The van der Waals surface area contributed by atoms with E-state index in [1.165, 1.54) is 23.2 Å². The number of aryl methyl sites for hydroxylation is 3. The molecule has 0 radical (unpaired) electrons. The van der Waals surface area contributed by atoms with E-state index in [9.17, 15) is 14.5 Å². The molecule has 0 bridgehead atoms. The van der Waals surface area contributed by atoms with E-state index in [0.29, 0.717) is 24.3 Å². The summed E-state index contributed by atoms with van der Waals surface area (Å²) in [5, 5.41) is 15.8. The van der Waals surface area contributed by atoms with E-state index < -0.39 is 22.6 Å². The molecule has 2 unspecified atom stereocenters. The molecule has 1 N–H and O–H groups in total. The second kappa shape index (κ2) is 11.4. The molecular formula is C31H33FN4O3. The summed E-state index contributed by atoms with van der Waals surface area (Å²) in [6, 6.07) is 8.91. The standard InChI is InChI=1S/C31H33FN4O3/c1-4-22(12-11-21-13-15-39-19-21)30(26-18-35-14-7-9-24-8-6-10-25(26)31(24)35)34-20(3)33-28-17-29(36(37)38)27(32)16-23(28)5-2/h4,6,8,10,16-18,20-21,33H,5,7,9,13-15,19H2,1-3H3/b22-4-,34-30+. The summed E-state index contributed by atoms with van der Waals surface area (Å²) in [4.78, 5) is 15.8. The average molecular weight is 529 g/mol. The first-order valence-corrected chi connectivity index (χ1v) is 13.6. The van der Waals surface area contributed by atoms with Gasteiger partial charge in [0.15, 0.2) is 0 Å². The monoisotopic (exact) mass is 528 g/mol. The minimum absolute atomic E-state index is 0.193. The van der Waals surface area contributed by atoms with Crippen LogP contribution in [-0.2, 0) is 24.1 Å².